The van der Waals surface area contributed by atoms with E-state index in [0.717, 1.165) is 17.7 Å². The molecule has 0 radical (unpaired) electrons. The maximum absolute atomic E-state index is 5.98. The first-order chi connectivity index (χ1) is 12.6. The molecule has 1 aliphatic rings. The number of rotatable bonds is 6. The molecule has 0 N–H and O–H groups in total. The van der Waals surface area contributed by atoms with Crippen molar-refractivity contribution in [2.45, 2.75) is 52.1 Å². The number of benzene rings is 1. The molecule has 1 saturated carbocycles. The van der Waals surface area contributed by atoms with Gasteiger partial charge in [-0.05, 0) is 50.7 Å². The number of ether oxygens (including phenoxy) is 1. The van der Waals surface area contributed by atoms with Gasteiger partial charge in [-0.15, -0.1) is 5.10 Å². The molecular weight excluding hydrogens is 324 g/mol. The zero-order valence-corrected chi connectivity index (χ0v) is 15.5. The van der Waals surface area contributed by atoms with Crippen LogP contribution in [0.2, 0.25) is 0 Å². The van der Waals surface area contributed by atoms with E-state index in [1.54, 1.807) is 4.68 Å². The van der Waals surface area contributed by atoms with E-state index in [1.165, 1.54) is 24.0 Å². The van der Waals surface area contributed by atoms with E-state index in [0.29, 0.717) is 17.7 Å². The van der Waals surface area contributed by atoms with Crippen molar-refractivity contribution in [1.82, 2.24) is 19.7 Å². The first kappa shape index (κ1) is 16.8. The van der Waals surface area contributed by atoms with Crippen molar-refractivity contribution in [2.75, 3.05) is 0 Å². The maximum atomic E-state index is 5.98. The second-order valence-corrected chi connectivity index (χ2v) is 7.20. The Morgan fingerprint density at radius 2 is 1.81 bits per heavy atom. The van der Waals surface area contributed by atoms with Gasteiger partial charge in [-0.3, -0.25) is 0 Å². The van der Waals surface area contributed by atoms with Crippen LogP contribution < -0.4 is 4.74 Å². The second-order valence-electron chi connectivity index (χ2n) is 7.20. The molecule has 2 aromatic heterocycles. The van der Waals surface area contributed by atoms with Crippen LogP contribution in [0.3, 0.4) is 0 Å². The fraction of sp³-hybridized carbons (Fsp3) is 0.381. The lowest BCUT2D eigenvalue weighted by atomic mass is 10.1. The summed E-state index contributed by atoms with van der Waals surface area (Å²) in [6, 6.07) is 10.4. The zero-order chi connectivity index (χ0) is 18.1. The summed E-state index contributed by atoms with van der Waals surface area (Å²) in [7, 11) is 0. The minimum absolute atomic E-state index is 0.0606. The SMILES string of the molecule is Cc1c(Cc2ccccc2)c(OC(C)C)nn1-c1ncc(C2CC2)cn1. The van der Waals surface area contributed by atoms with Gasteiger partial charge in [0.15, 0.2) is 0 Å². The van der Waals surface area contributed by atoms with Gasteiger partial charge in [0.2, 0.25) is 5.88 Å². The molecule has 0 unspecified atom stereocenters. The maximum Gasteiger partial charge on any atom is 0.250 e. The lowest BCUT2D eigenvalue weighted by Gasteiger charge is -2.09. The average Bonchev–Trinajstić information content (AvgIpc) is 3.45. The van der Waals surface area contributed by atoms with E-state index in [9.17, 15) is 0 Å². The average molecular weight is 348 g/mol. The molecule has 0 saturated heterocycles. The molecule has 2 heterocycles. The Bertz CT molecular complexity index is 880. The molecule has 3 aromatic rings. The van der Waals surface area contributed by atoms with Gasteiger partial charge in [0, 0.05) is 24.4 Å². The summed E-state index contributed by atoms with van der Waals surface area (Å²) in [5, 5.41) is 4.68. The summed E-state index contributed by atoms with van der Waals surface area (Å²) in [5.74, 6) is 1.91. The van der Waals surface area contributed by atoms with E-state index in [2.05, 4.69) is 46.3 Å². The molecule has 5 nitrogen and oxygen atoms in total. The molecule has 1 aromatic carbocycles. The number of hydrogen-bond acceptors (Lipinski definition) is 4. The van der Waals surface area contributed by atoms with Crippen molar-refractivity contribution in [2.24, 2.45) is 0 Å². The second kappa shape index (κ2) is 6.90. The lowest BCUT2D eigenvalue weighted by molar-refractivity contribution is 0.229. The van der Waals surface area contributed by atoms with Crippen LogP contribution in [-0.2, 0) is 6.42 Å². The van der Waals surface area contributed by atoms with Crippen LogP contribution in [0.25, 0.3) is 5.95 Å². The Labute approximate surface area is 154 Å². The molecule has 0 spiro atoms. The lowest BCUT2D eigenvalue weighted by Crippen LogP contribution is -2.08. The van der Waals surface area contributed by atoms with Crippen LogP contribution in [0.5, 0.6) is 5.88 Å². The van der Waals surface area contributed by atoms with Crippen LogP contribution >= 0.6 is 0 Å². The first-order valence-corrected chi connectivity index (χ1v) is 9.23. The third kappa shape index (κ3) is 3.47. The Balaban J connectivity index is 1.70. The van der Waals surface area contributed by atoms with E-state index in [1.807, 2.05) is 32.3 Å². The minimum atomic E-state index is 0.0606. The largest absolute Gasteiger partial charge is 0.474 e. The zero-order valence-electron chi connectivity index (χ0n) is 15.5. The van der Waals surface area contributed by atoms with Gasteiger partial charge in [0.25, 0.3) is 5.95 Å². The molecule has 0 bridgehead atoms. The smallest absolute Gasteiger partial charge is 0.250 e. The highest BCUT2D eigenvalue weighted by Crippen LogP contribution is 2.39. The molecule has 1 aliphatic carbocycles. The number of aromatic nitrogens is 4. The van der Waals surface area contributed by atoms with Crippen molar-refractivity contribution >= 4 is 0 Å². The Kier molecular flexibility index (Phi) is 4.45. The van der Waals surface area contributed by atoms with Crippen molar-refractivity contribution in [1.29, 1.82) is 0 Å². The van der Waals surface area contributed by atoms with Crippen LogP contribution in [0, 0.1) is 6.92 Å². The van der Waals surface area contributed by atoms with Gasteiger partial charge < -0.3 is 4.74 Å². The number of nitrogens with zero attached hydrogens (tertiary/aromatic N) is 4. The minimum Gasteiger partial charge on any atom is -0.474 e. The fourth-order valence-electron chi connectivity index (χ4n) is 3.09. The Morgan fingerprint density at radius 1 is 1.12 bits per heavy atom. The van der Waals surface area contributed by atoms with Crippen LogP contribution in [-0.4, -0.2) is 25.9 Å². The monoisotopic (exact) mass is 348 g/mol. The van der Waals surface area contributed by atoms with E-state index in [-0.39, 0.29) is 6.10 Å². The summed E-state index contributed by atoms with van der Waals surface area (Å²) in [6.45, 7) is 6.08. The summed E-state index contributed by atoms with van der Waals surface area (Å²) >= 11 is 0. The normalized spacial score (nSPS) is 14.0. The van der Waals surface area contributed by atoms with Crippen LogP contribution in [0.4, 0.5) is 0 Å². The Hall–Kier alpha value is -2.69. The standard InChI is InChI=1S/C21H24N4O/c1-14(2)26-20-19(11-16-7-5-4-6-8-16)15(3)25(24-20)21-22-12-18(13-23-21)17-9-10-17/h4-8,12-14,17H,9-11H2,1-3H3. The highest BCUT2D eigenvalue weighted by Gasteiger charge is 2.25. The molecule has 1 fully saturated rings. The molecule has 0 atom stereocenters. The summed E-state index contributed by atoms with van der Waals surface area (Å²) in [4.78, 5) is 9.09. The third-order valence-electron chi connectivity index (χ3n) is 4.67. The topological polar surface area (TPSA) is 52.8 Å². The molecule has 5 heteroatoms. The van der Waals surface area contributed by atoms with Gasteiger partial charge >= 0.3 is 0 Å². The number of hydrogen-bond donors (Lipinski definition) is 0. The fourth-order valence-corrected chi connectivity index (χ4v) is 3.09. The predicted molar refractivity (Wildman–Crippen MR) is 101 cm³/mol. The summed E-state index contributed by atoms with van der Waals surface area (Å²) < 4.78 is 7.78. The van der Waals surface area contributed by atoms with Crippen molar-refractivity contribution in [3.05, 3.63) is 65.1 Å². The third-order valence-corrected chi connectivity index (χ3v) is 4.67. The van der Waals surface area contributed by atoms with Crippen molar-refractivity contribution in [3.8, 4) is 11.8 Å². The van der Waals surface area contributed by atoms with Gasteiger partial charge in [0.05, 0.1) is 11.8 Å². The molecule has 26 heavy (non-hydrogen) atoms. The quantitative estimate of drug-likeness (QED) is 0.669. The summed E-state index contributed by atoms with van der Waals surface area (Å²) in [6.07, 6.45) is 7.19. The Morgan fingerprint density at radius 3 is 2.42 bits per heavy atom. The summed E-state index contributed by atoms with van der Waals surface area (Å²) in [5.41, 5.74) is 4.55. The molecular formula is C21H24N4O. The van der Waals surface area contributed by atoms with Gasteiger partial charge in [-0.25, -0.2) is 9.97 Å². The van der Waals surface area contributed by atoms with Gasteiger partial charge in [0.1, 0.15) is 0 Å². The van der Waals surface area contributed by atoms with Crippen LogP contribution in [0.1, 0.15) is 55.0 Å². The predicted octanol–water partition coefficient (Wildman–Crippen LogP) is 4.23. The molecule has 0 amide bonds. The molecule has 4 rings (SSSR count). The molecule has 0 aliphatic heterocycles. The van der Waals surface area contributed by atoms with Gasteiger partial charge in [-0.2, -0.15) is 4.68 Å². The van der Waals surface area contributed by atoms with E-state index < -0.39 is 0 Å². The van der Waals surface area contributed by atoms with Crippen molar-refractivity contribution in [3.63, 3.8) is 0 Å². The highest BCUT2D eigenvalue weighted by atomic mass is 16.5. The van der Waals surface area contributed by atoms with Crippen molar-refractivity contribution < 1.29 is 4.74 Å². The first-order valence-electron chi connectivity index (χ1n) is 9.23. The van der Waals surface area contributed by atoms with E-state index >= 15 is 0 Å². The van der Waals surface area contributed by atoms with Crippen LogP contribution in [0.15, 0.2) is 42.7 Å². The highest BCUT2D eigenvalue weighted by molar-refractivity contribution is 5.39. The molecule has 134 valence electrons. The van der Waals surface area contributed by atoms with Gasteiger partial charge in [-0.1, -0.05) is 30.3 Å². The van der Waals surface area contributed by atoms with E-state index in [4.69, 9.17) is 4.74 Å².